The Hall–Kier alpha value is -2.78. The molecule has 9 nitrogen and oxygen atoms in total. The molecule has 3 aliphatic heterocycles. The molecular formula is C29H42N2O7. The molecule has 2 fully saturated rings. The second-order valence-electron chi connectivity index (χ2n) is 12.2. The van der Waals surface area contributed by atoms with E-state index in [1.54, 1.807) is 4.90 Å². The fourth-order valence-corrected chi connectivity index (χ4v) is 5.60. The van der Waals surface area contributed by atoms with Crippen LogP contribution in [0.15, 0.2) is 29.8 Å². The van der Waals surface area contributed by atoms with Gasteiger partial charge in [-0.15, -0.1) is 0 Å². The summed E-state index contributed by atoms with van der Waals surface area (Å²) >= 11 is 0. The summed E-state index contributed by atoms with van der Waals surface area (Å²) < 4.78 is 30.8. The highest BCUT2D eigenvalue weighted by Gasteiger charge is 2.55. The number of ether oxygens (including phenoxy) is 5. The summed E-state index contributed by atoms with van der Waals surface area (Å²) in [5.74, 6) is 0.654. The van der Waals surface area contributed by atoms with E-state index in [0.717, 1.165) is 18.4 Å². The van der Waals surface area contributed by atoms with Gasteiger partial charge in [-0.25, -0.2) is 4.79 Å². The molecule has 9 heteroatoms. The molecule has 4 rings (SSSR count). The summed E-state index contributed by atoms with van der Waals surface area (Å²) in [4.78, 5) is 25.8. The second kappa shape index (κ2) is 10.8. The summed E-state index contributed by atoms with van der Waals surface area (Å²) in [6.45, 7) is 13.4. The summed E-state index contributed by atoms with van der Waals surface area (Å²) in [6.07, 6.45) is 4.00. The molecule has 2 saturated heterocycles. The highest BCUT2D eigenvalue weighted by atomic mass is 16.6. The lowest BCUT2D eigenvalue weighted by Gasteiger charge is -2.55. The van der Waals surface area contributed by atoms with E-state index in [2.05, 4.69) is 26.8 Å². The SMILES string of the molecule is CC(C)=CCC[C@]1(C)Oc2cc(OCC(N)=O)ccc2[C@H]2OC[C@@]3(C[C@@H]21)CN(C(=O)OC(C)(C)C)CCO3. The van der Waals surface area contributed by atoms with Crippen molar-refractivity contribution in [2.24, 2.45) is 11.7 Å². The molecule has 4 atom stereocenters. The number of allylic oxidation sites excluding steroid dienone is 2. The first-order valence-corrected chi connectivity index (χ1v) is 13.4. The van der Waals surface area contributed by atoms with Crippen LogP contribution in [0.5, 0.6) is 11.5 Å². The van der Waals surface area contributed by atoms with Gasteiger partial charge in [0.2, 0.25) is 0 Å². The van der Waals surface area contributed by atoms with E-state index in [1.165, 1.54) is 5.57 Å². The van der Waals surface area contributed by atoms with Crippen LogP contribution in [0.25, 0.3) is 0 Å². The minimum atomic E-state index is -0.639. The topological polar surface area (TPSA) is 110 Å². The van der Waals surface area contributed by atoms with E-state index < -0.39 is 22.7 Å². The predicted molar refractivity (Wildman–Crippen MR) is 142 cm³/mol. The Bertz CT molecular complexity index is 1080. The molecule has 210 valence electrons. The molecule has 1 aromatic rings. The summed E-state index contributed by atoms with van der Waals surface area (Å²) in [6, 6.07) is 5.55. The molecule has 38 heavy (non-hydrogen) atoms. The van der Waals surface area contributed by atoms with E-state index in [0.29, 0.717) is 44.2 Å². The number of carbonyl (C=O) groups excluding carboxylic acids is 2. The fourth-order valence-electron chi connectivity index (χ4n) is 5.60. The third kappa shape index (κ3) is 6.43. The lowest BCUT2D eigenvalue weighted by atomic mass is 9.69. The zero-order chi connectivity index (χ0) is 27.7. The van der Waals surface area contributed by atoms with Crippen molar-refractivity contribution in [2.75, 3.05) is 32.9 Å². The van der Waals surface area contributed by atoms with Crippen molar-refractivity contribution < 1.29 is 33.3 Å². The van der Waals surface area contributed by atoms with Crippen molar-refractivity contribution in [2.45, 2.75) is 83.7 Å². The Balaban J connectivity index is 1.61. The number of benzene rings is 1. The molecule has 2 N–H and O–H groups in total. The quantitative estimate of drug-likeness (QED) is 0.538. The van der Waals surface area contributed by atoms with Crippen molar-refractivity contribution >= 4 is 12.0 Å². The zero-order valence-corrected chi connectivity index (χ0v) is 23.5. The van der Waals surface area contributed by atoms with E-state index in [-0.39, 0.29) is 24.7 Å². The minimum Gasteiger partial charge on any atom is -0.487 e. The van der Waals surface area contributed by atoms with Crippen LogP contribution in [0, 0.1) is 5.92 Å². The number of hydrogen-bond acceptors (Lipinski definition) is 7. The van der Waals surface area contributed by atoms with Crippen molar-refractivity contribution in [3.63, 3.8) is 0 Å². The largest absolute Gasteiger partial charge is 0.487 e. The highest BCUT2D eigenvalue weighted by molar-refractivity contribution is 5.75. The third-order valence-electron chi connectivity index (χ3n) is 7.38. The number of nitrogens with zero attached hydrogens (tertiary/aromatic N) is 1. The van der Waals surface area contributed by atoms with Gasteiger partial charge in [-0.3, -0.25) is 4.79 Å². The van der Waals surface area contributed by atoms with Gasteiger partial charge in [0, 0.05) is 24.1 Å². The zero-order valence-electron chi connectivity index (χ0n) is 23.5. The molecule has 3 heterocycles. The smallest absolute Gasteiger partial charge is 0.410 e. The van der Waals surface area contributed by atoms with E-state index in [4.69, 9.17) is 29.4 Å². The third-order valence-corrected chi connectivity index (χ3v) is 7.38. The van der Waals surface area contributed by atoms with Crippen LogP contribution in [0.2, 0.25) is 0 Å². The first-order chi connectivity index (χ1) is 17.8. The molecule has 3 aliphatic rings. The van der Waals surface area contributed by atoms with E-state index in [9.17, 15) is 9.59 Å². The van der Waals surface area contributed by atoms with Gasteiger partial charge >= 0.3 is 6.09 Å². The highest BCUT2D eigenvalue weighted by Crippen LogP contribution is 2.54. The van der Waals surface area contributed by atoms with Crippen LogP contribution >= 0.6 is 0 Å². The van der Waals surface area contributed by atoms with Gasteiger partial charge in [0.1, 0.15) is 28.3 Å². The first kappa shape index (κ1) is 28.2. The maximum atomic E-state index is 12.9. The van der Waals surface area contributed by atoms with Crippen LogP contribution in [0.1, 0.15) is 72.5 Å². The maximum absolute atomic E-state index is 12.9. The Morgan fingerprint density at radius 1 is 1.26 bits per heavy atom. The number of amides is 2. The second-order valence-corrected chi connectivity index (χ2v) is 12.2. The van der Waals surface area contributed by atoms with Crippen LogP contribution in [-0.4, -0.2) is 66.6 Å². The Labute approximate surface area is 225 Å². The number of rotatable bonds is 6. The monoisotopic (exact) mass is 530 g/mol. The average Bonchev–Trinajstić information content (AvgIpc) is 2.81. The van der Waals surface area contributed by atoms with Crippen LogP contribution in [0.4, 0.5) is 4.79 Å². The Morgan fingerprint density at radius 3 is 2.71 bits per heavy atom. The van der Waals surface area contributed by atoms with Gasteiger partial charge < -0.3 is 34.3 Å². The number of hydrogen-bond donors (Lipinski definition) is 1. The van der Waals surface area contributed by atoms with Crippen molar-refractivity contribution in [1.82, 2.24) is 4.90 Å². The number of carbonyl (C=O) groups is 2. The van der Waals surface area contributed by atoms with Crippen LogP contribution in [-0.2, 0) is 19.0 Å². The molecule has 1 spiro atoms. The van der Waals surface area contributed by atoms with Crippen molar-refractivity contribution in [1.29, 1.82) is 0 Å². The lowest BCUT2D eigenvalue weighted by Crippen LogP contribution is -2.63. The lowest BCUT2D eigenvalue weighted by molar-refractivity contribution is -0.231. The summed E-state index contributed by atoms with van der Waals surface area (Å²) in [5, 5.41) is 0. The maximum Gasteiger partial charge on any atom is 0.410 e. The number of nitrogens with two attached hydrogens (primary N) is 1. The number of morpholine rings is 1. The summed E-state index contributed by atoms with van der Waals surface area (Å²) in [5.41, 5.74) is 5.68. The Morgan fingerprint density at radius 2 is 2.03 bits per heavy atom. The van der Waals surface area contributed by atoms with E-state index in [1.807, 2.05) is 39.0 Å². The standard InChI is InChI=1S/C29H42N2O7/c1-19(2)8-7-11-28(6)22-15-29(17-31(12-13-36-29)26(33)38-27(3,4)5)18-35-25(22)21-10-9-20(14-23(21)37-28)34-16-24(30)32/h8-10,14,22,25H,7,11-13,15-18H2,1-6H3,(H2,30,32)/t22-,25+,28-,29+/m0/s1. The molecule has 2 amide bonds. The van der Waals surface area contributed by atoms with Gasteiger partial charge in [-0.2, -0.15) is 0 Å². The molecule has 0 bridgehead atoms. The Kier molecular flexibility index (Phi) is 8.00. The van der Waals surface area contributed by atoms with Crippen LogP contribution < -0.4 is 15.2 Å². The van der Waals surface area contributed by atoms with E-state index >= 15 is 0 Å². The molecule has 0 radical (unpaired) electrons. The van der Waals surface area contributed by atoms with Crippen LogP contribution in [0.3, 0.4) is 0 Å². The molecule has 0 unspecified atom stereocenters. The fraction of sp³-hybridized carbons (Fsp3) is 0.655. The number of fused-ring (bicyclic) bond motifs is 3. The molecular weight excluding hydrogens is 488 g/mol. The normalized spacial score (nSPS) is 28.5. The van der Waals surface area contributed by atoms with Crippen molar-refractivity contribution in [3.05, 3.63) is 35.4 Å². The number of primary amides is 1. The van der Waals surface area contributed by atoms with Gasteiger partial charge in [0.25, 0.3) is 5.91 Å². The van der Waals surface area contributed by atoms with Gasteiger partial charge in [0.05, 0.1) is 25.9 Å². The average molecular weight is 531 g/mol. The predicted octanol–water partition coefficient (Wildman–Crippen LogP) is 4.53. The minimum absolute atomic E-state index is 0.00899. The molecule has 1 aromatic carbocycles. The van der Waals surface area contributed by atoms with Gasteiger partial charge in [0.15, 0.2) is 6.61 Å². The molecule has 0 aliphatic carbocycles. The van der Waals surface area contributed by atoms with Crippen molar-refractivity contribution in [3.8, 4) is 11.5 Å². The first-order valence-electron chi connectivity index (χ1n) is 13.4. The van der Waals surface area contributed by atoms with Gasteiger partial charge in [-0.05, 0) is 72.9 Å². The molecule has 0 aromatic heterocycles. The van der Waals surface area contributed by atoms with Gasteiger partial charge in [-0.1, -0.05) is 11.6 Å². The summed E-state index contributed by atoms with van der Waals surface area (Å²) in [7, 11) is 0. The molecule has 0 saturated carbocycles.